The summed E-state index contributed by atoms with van der Waals surface area (Å²) in [7, 11) is 0. The van der Waals surface area contributed by atoms with E-state index in [-0.39, 0.29) is 11.8 Å². The molecule has 0 saturated carbocycles. The summed E-state index contributed by atoms with van der Waals surface area (Å²) in [5.41, 5.74) is 6.17. The summed E-state index contributed by atoms with van der Waals surface area (Å²) in [6.07, 6.45) is 0. The number of anilines is 1. The number of aryl methyl sites for hydroxylation is 4. The predicted octanol–water partition coefficient (Wildman–Crippen LogP) is 6.00. The molecule has 1 aliphatic rings. The van der Waals surface area contributed by atoms with E-state index >= 15 is 0 Å². The van der Waals surface area contributed by atoms with Gasteiger partial charge in [0.05, 0.1) is 16.2 Å². The number of rotatable bonds is 4. The van der Waals surface area contributed by atoms with E-state index in [2.05, 4.69) is 0 Å². The van der Waals surface area contributed by atoms with Crippen LogP contribution in [-0.4, -0.2) is 11.8 Å². The van der Waals surface area contributed by atoms with E-state index in [1.165, 1.54) is 16.7 Å². The van der Waals surface area contributed by atoms with E-state index in [0.717, 1.165) is 32.7 Å². The minimum atomic E-state index is -0.271. The van der Waals surface area contributed by atoms with Gasteiger partial charge in [0.15, 0.2) is 0 Å². The number of hydrogen-bond donors (Lipinski definition) is 0. The summed E-state index contributed by atoms with van der Waals surface area (Å²) in [5, 5.41) is 0. The lowest BCUT2D eigenvalue weighted by Crippen LogP contribution is -2.31. The Morgan fingerprint density at radius 1 is 0.700 bits per heavy atom. The van der Waals surface area contributed by atoms with Crippen LogP contribution in [0.3, 0.4) is 0 Å². The number of thioether (sulfide) groups is 1. The van der Waals surface area contributed by atoms with Gasteiger partial charge in [-0.1, -0.05) is 59.8 Å². The van der Waals surface area contributed by atoms with Gasteiger partial charge in [-0.05, 0) is 74.2 Å². The Kier molecular flexibility index (Phi) is 5.35. The molecule has 0 aromatic heterocycles. The maximum absolute atomic E-state index is 13.6. The molecule has 4 heteroatoms. The largest absolute Gasteiger partial charge is 0.272 e. The summed E-state index contributed by atoms with van der Waals surface area (Å²) < 4.78 is 0. The molecule has 0 atom stereocenters. The molecular formula is C26H23NO2S. The van der Waals surface area contributed by atoms with Crippen LogP contribution in [0.4, 0.5) is 5.69 Å². The molecule has 2 amide bonds. The Morgan fingerprint density at radius 3 is 2.10 bits per heavy atom. The minimum absolute atomic E-state index is 0.270. The zero-order chi connectivity index (χ0) is 21.4. The number of nitrogens with zero attached hydrogens (tertiary/aromatic N) is 1. The molecule has 0 saturated heterocycles. The zero-order valence-electron chi connectivity index (χ0n) is 17.5. The molecule has 0 fully saturated rings. The highest BCUT2D eigenvalue weighted by Gasteiger charge is 2.41. The first-order valence-corrected chi connectivity index (χ1v) is 10.7. The van der Waals surface area contributed by atoms with Crippen molar-refractivity contribution in [1.82, 2.24) is 0 Å². The van der Waals surface area contributed by atoms with Crippen molar-refractivity contribution in [1.29, 1.82) is 0 Å². The summed E-state index contributed by atoms with van der Waals surface area (Å²) in [6.45, 7) is 8.01. The first kappa shape index (κ1) is 20.2. The van der Waals surface area contributed by atoms with Crippen molar-refractivity contribution in [2.24, 2.45) is 0 Å². The van der Waals surface area contributed by atoms with Gasteiger partial charge in [-0.3, -0.25) is 9.59 Å². The van der Waals surface area contributed by atoms with E-state index in [9.17, 15) is 9.59 Å². The van der Waals surface area contributed by atoms with Crippen molar-refractivity contribution in [3.8, 4) is 0 Å². The number of imide groups is 1. The van der Waals surface area contributed by atoms with Gasteiger partial charge in [-0.2, -0.15) is 0 Å². The van der Waals surface area contributed by atoms with E-state index in [1.807, 2.05) is 94.4 Å². The maximum atomic E-state index is 13.6. The standard InChI is InChI=1S/C26H23NO2S/c1-16-10-13-22(19(4)14-16)23-24(30-21-8-6-5-7-9-21)26(29)27(25(23)28)20-12-11-17(2)18(3)15-20/h5-15H,1-4H3. The molecule has 150 valence electrons. The smallest absolute Gasteiger partial charge is 0.268 e. The van der Waals surface area contributed by atoms with Gasteiger partial charge in [0, 0.05) is 4.90 Å². The molecule has 0 radical (unpaired) electrons. The number of amides is 2. The number of carbonyl (C=O) groups excluding carboxylic acids is 2. The lowest BCUT2D eigenvalue weighted by Gasteiger charge is -2.17. The molecule has 0 bridgehead atoms. The molecule has 4 rings (SSSR count). The number of carbonyl (C=O) groups is 2. The highest BCUT2D eigenvalue weighted by molar-refractivity contribution is 8.04. The SMILES string of the molecule is Cc1ccc(C2=C(Sc3ccccc3)C(=O)N(c3ccc(C)c(C)c3)C2=O)c(C)c1. The van der Waals surface area contributed by atoms with Crippen LogP contribution in [0.15, 0.2) is 76.5 Å². The van der Waals surface area contributed by atoms with E-state index in [0.29, 0.717) is 16.2 Å². The lowest BCUT2D eigenvalue weighted by atomic mass is 9.98. The average Bonchev–Trinajstić information content (AvgIpc) is 2.95. The van der Waals surface area contributed by atoms with Crippen molar-refractivity contribution < 1.29 is 9.59 Å². The van der Waals surface area contributed by atoms with Crippen LogP contribution in [0.2, 0.25) is 0 Å². The highest BCUT2D eigenvalue weighted by atomic mass is 32.2. The van der Waals surface area contributed by atoms with Crippen LogP contribution >= 0.6 is 11.8 Å². The molecule has 1 aliphatic heterocycles. The van der Waals surface area contributed by atoms with Crippen molar-refractivity contribution in [2.45, 2.75) is 32.6 Å². The van der Waals surface area contributed by atoms with Crippen molar-refractivity contribution in [3.05, 3.63) is 99.5 Å². The zero-order valence-corrected chi connectivity index (χ0v) is 18.3. The molecule has 1 heterocycles. The molecule has 0 N–H and O–H groups in total. The van der Waals surface area contributed by atoms with Gasteiger partial charge in [0.1, 0.15) is 0 Å². The summed E-state index contributed by atoms with van der Waals surface area (Å²) in [5.74, 6) is -0.541. The number of hydrogen-bond acceptors (Lipinski definition) is 3. The van der Waals surface area contributed by atoms with Crippen LogP contribution < -0.4 is 4.90 Å². The van der Waals surface area contributed by atoms with Gasteiger partial charge in [-0.15, -0.1) is 0 Å². The van der Waals surface area contributed by atoms with Crippen LogP contribution in [0.1, 0.15) is 27.8 Å². The summed E-state index contributed by atoms with van der Waals surface area (Å²) in [4.78, 5) is 29.8. The minimum Gasteiger partial charge on any atom is -0.268 e. The fourth-order valence-electron chi connectivity index (χ4n) is 3.64. The van der Waals surface area contributed by atoms with Crippen LogP contribution in [0.5, 0.6) is 0 Å². The molecule has 0 aliphatic carbocycles. The third-order valence-corrected chi connectivity index (χ3v) is 6.50. The van der Waals surface area contributed by atoms with Gasteiger partial charge < -0.3 is 0 Å². The maximum Gasteiger partial charge on any atom is 0.272 e. The first-order chi connectivity index (χ1) is 14.4. The van der Waals surface area contributed by atoms with Crippen molar-refractivity contribution in [2.75, 3.05) is 4.90 Å². The van der Waals surface area contributed by atoms with Crippen LogP contribution in [0.25, 0.3) is 5.57 Å². The Balaban J connectivity index is 1.86. The van der Waals surface area contributed by atoms with E-state index in [4.69, 9.17) is 0 Å². The quantitative estimate of drug-likeness (QED) is 0.493. The van der Waals surface area contributed by atoms with Crippen molar-refractivity contribution >= 4 is 34.8 Å². The fraction of sp³-hybridized carbons (Fsp3) is 0.154. The normalized spacial score (nSPS) is 14.1. The topological polar surface area (TPSA) is 37.4 Å². The van der Waals surface area contributed by atoms with Gasteiger partial charge in [0.25, 0.3) is 11.8 Å². The highest BCUT2D eigenvalue weighted by Crippen LogP contribution is 2.42. The Hall–Kier alpha value is -3.11. The second-order valence-corrected chi connectivity index (χ2v) is 8.74. The molecule has 30 heavy (non-hydrogen) atoms. The molecule has 0 spiro atoms. The third kappa shape index (κ3) is 3.59. The number of benzene rings is 3. The first-order valence-electron chi connectivity index (χ1n) is 9.87. The van der Waals surface area contributed by atoms with Crippen LogP contribution in [-0.2, 0) is 9.59 Å². The van der Waals surface area contributed by atoms with Gasteiger partial charge in [-0.25, -0.2) is 4.90 Å². The molecule has 0 unspecified atom stereocenters. The molecule has 3 aromatic carbocycles. The molecular weight excluding hydrogens is 390 g/mol. The second kappa shape index (κ2) is 7.96. The molecule has 3 nitrogen and oxygen atoms in total. The second-order valence-electron chi connectivity index (χ2n) is 7.65. The Labute approximate surface area is 181 Å². The fourth-order valence-corrected chi connectivity index (χ4v) is 4.65. The van der Waals surface area contributed by atoms with Crippen molar-refractivity contribution in [3.63, 3.8) is 0 Å². The Bertz CT molecular complexity index is 1190. The summed E-state index contributed by atoms with van der Waals surface area (Å²) >= 11 is 1.35. The average molecular weight is 414 g/mol. The predicted molar refractivity (Wildman–Crippen MR) is 124 cm³/mol. The lowest BCUT2D eigenvalue weighted by molar-refractivity contribution is -0.119. The van der Waals surface area contributed by atoms with Crippen LogP contribution in [0, 0.1) is 27.7 Å². The monoisotopic (exact) mass is 413 g/mol. The summed E-state index contributed by atoms with van der Waals surface area (Å²) in [6, 6.07) is 21.4. The van der Waals surface area contributed by atoms with E-state index < -0.39 is 0 Å². The van der Waals surface area contributed by atoms with Gasteiger partial charge >= 0.3 is 0 Å². The Morgan fingerprint density at radius 2 is 1.43 bits per heavy atom. The third-order valence-electron chi connectivity index (χ3n) is 5.40. The van der Waals surface area contributed by atoms with Gasteiger partial charge in [0.2, 0.25) is 0 Å². The van der Waals surface area contributed by atoms with E-state index in [1.54, 1.807) is 0 Å². The molecule has 3 aromatic rings.